The summed E-state index contributed by atoms with van der Waals surface area (Å²) < 4.78 is 7.63. The van der Waals surface area contributed by atoms with Crippen molar-refractivity contribution in [3.8, 4) is 0 Å². The van der Waals surface area contributed by atoms with Crippen LogP contribution in [0.5, 0.6) is 0 Å². The zero-order chi connectivity index (χ0) is 13.1. The van der Waals surface area contributed by atoms with Gasteiger partial charge in [-0.1, -0.05) is 24.8 Å². The van der Waals surface area contributed by atoms with Crippen molar-refractivity contribution in [3.63, 3.8) is 0 Å². The van der Waals surface area contributed by atoms with E-state index in [-0.39, 0.29) is 0 Å². The fourth-order valence-corrected chi connectivity index (χ4v) is 3.55. The maximum atomic E-state index is 5.60. The van der Waals surface area contributed by atoms with Crippen LogP contribution in [0.25, 0.3) is 5.65 Å². The number of fused-ring (bicyclic) bond motifs is 1. The van der Waals surface area contributed by atoms with E-state index in [1.165, 1.54) is 0 Å². The summed E-state index contributed by atoms with van der Waals surface area (Å²) in [6, 6.07) is 6.43. The van der Waals surface area contributed by atoms with Gasteiger partial charge in [-0.15, -0.1) is 10.2 Å². The van der Waals surface area contributed by atoms with E-state index in [9.17, 15) is 0 Å². The van der Waals surface area contributed by atoms with Crippen molar-refractivity contribution in [1.82, 2.24) is 19.9 Å². The standard InChI is InChI=1S/C13H18N4OS/c1-2-14-10-6-8-18-9-11(10)19-13-16-15-12-5-3-4-7-17(12)13/h3-5,7,10-11,14H,2,6,8-9H2,1H3. The molecule has 0 saturated carbocycles. The van der Waals surface area contributed by atoms with Crippen LogP contribution in [-0.4, -0.2) is 45.6 Å². The van der Waals surface area contributed by atoms with E-state index >= 15 is 0 Å². The van der Waals surface area contributed by atoms with Gasteiger partial charge in [0.25, 0.3) is 0 Å². The fraction of sp³-hybridized carbons (Fsp3) is 0.538. The largest absolute Gasteiger partial charge is 0.380 e. The van der Waals surface area contributed by atoms with Gasteiger partial charge in [-0.2, -0.15) is 0 Å². The SMILES string of the molecule is CCNC1CCOCC1Sc1nnc2ccccn12. The summed E-state index contributed by atoms with van der Waals surface area (Å²) in [6.07, 6.45) is 3.06. The van der Waals surface area contributed by atoms with Crippen LogP contribution in [-0.2, 0) is 4.74 Å². The summed E-state index contributed by atoms with van der Waals surface area (Å²) in [6.45, 7) is 4.74. The van der Waals surface area contributed by atoms with E-state index in [1.807, 2.05) is 28.8 Å². The molecule has 1 fully saturated rings. The van der Waals surface area contributed by atoms with Crippen molar-refractivity contribution in [2.45, 2.75) is 29.8 Å². The summed E-state index contributed by atoms with van der Waals surface area (Å²) in [5.41, 5.74) is 0.890. The van der Waals surface area contributed by atoms with Gasteiger partial charge >= 0.3 is 0 Å². The Morgan fingerprint density at radius 1 is 1.47 bits per heavy atom. The lowest BCUT2D eigenvalue weighted by molar-refractivity contribution is 0.0836. The van der Waals surface area contributed by atoms with Gasteiger partial charge in [0.15, 0.2) is 10.8 Å². The summed E-state index contributed by atoms with van der Waals surface area (Å²) in [5, 5.41) is 13.3. The monoisotopic (exact) mass is 278 g/mol. The Kier molecular flexibility index (Phi) is 4.00. The first-order valence-corrected chi connectivity index (χ1v) is 7.54. The van der Waals surface area contributed by atoms with Crippen LogP contribution < -0.4 is 5.32 Å². The number of hydrogen-bond acceptors (Lipinski definition) is 5. The molecule has 6 heteroatoms. The number of rotatable bonds is 4. The molecule has 102 valence electrons. The molecule has 1 aliphatic heterocycles. The number of pyridine rings is 1. The molecule has 0 aromatic carbocycles. The van der Waals surface area contributed by atoms with Crippen LogP contribution in [0.1, 0.15) is 13.3 Å². The maximum Gasteiger partial charge on any atom is 0.196 e. The molecule has 19 heavy (non-hydrogen) atoms. The molecule has 0 bridgehead atoms. The zero-order valence-corrected chi connectivity index (χ0v) is 11.8. The van der Waals surface area contributed by atoms with Gasteiger partial charge in [0.1, 0.15) is 0 Å². The van der Waals surface area contributed by atoms with Crippen molar-refractivity contribution in [2.75, 3.05) is 19.8 Å². The van der Waals surface area contributed by atoms with Crippen molar-refractivity contribution in [2.24, 2.45) is 0 Å². The molecule has 0 spiro atoms. The average Bonchev–Trinajstić information content (AvgIpc) is 2.85. The Hall–Kier alpha value is -1.11. The lowest BCUT2D eigenvalue weighted by Gasteiger charge is -2.30. The van der Waals surface area contributed by atoms with Gasteiger partial charge in [-0.25, -0.2) is 0 Å². The van der Waals surface area contributed by atoms with Crippen LogP contribution in [0.2, 0.25) is 0 Å². The Morgan fingerprint density at radius 3 is 3.32 bits per heavy atom. The molecule has 3 heterocycles. The molecule has 0 radical (unpaired) electrons. The second kappa shape index (κ2) is 5.90. The molecule has 1 saturated heterocycles. The molecule has 1 aliphatic rings. The third-order valence-corrected chi connectivity index (χ3v) is 4.57. The van der Waals surface area contributed by atoms with E-state index in [1.54, 1.807) is 11.8 Å². The quantitative estimate of drug-likeness (QED) is 0.920. The van der Waals surface area contributed by atoms with Gasteiger partial charge in [-0.3, -0.25) is 4.40 Å². The van der Waals surface area contributed by atoms with E-state index in [2.05, 4.69) is 22.4 Å². The highest BCUT2D eigenvalue weighted by Gasteiger charge is 2.27. The molecule has 0 amide bonds. The average molecular weight is 278 g/mol. The predicted octanol–water partition coefficient (Wildman–Crippen LogP) is 1.59. The van der Waals surface area contributed by atoms with Crippen LogP contribution in [0, 0.1) is 0 Å². The highest BCUT2D eigenvalue weighted by molar-refractivity contribution is 7.99. The normalized spacial score (nSPS) is 23.8. The number of ether oxygens (including phenoxy) is 1. The zero-order valence-electron chi connectivity index (χ0n) is 11.0. The molecular formula is C13H18N4OS. The summed E-state index contributed by atoms with van der Waals surface area (Å²) in [5.74, 6) is 0. The minimum Gasteiger partial charge on any atom is -0.380 e. The Balaban J connectivity index is 1.79. The summed E-state index contributed by atoms with van der Waals surface area (Å²) >= 11 is 1.75. The first-order chi connectivity index (χ1) is 9.38. The molecular weight excluding hydrogens is 260 g/mol. The molecule has 2 unspecified atom stereocenters. The second-order valence-corrected chi connectivity index (χ2v) is 5.80. The molecule has 0 aliphatic carbocycles. The Bertz CT molecular complexity index is 542. The van der Waals surface area contributed by atoms with Gasteiger partial charge in [0, 0.05) is 18.8 Å². The molecule has 2 aromatic rings. The minimum absolute atomic E-state index is 0.390. The molecule has 2 aromatic heterocycles. The van der Waals surface area contributed by atoms with Crippen molar-refractivity contribution >= 4 is 17.4 Å². The second-order valence-electron chi connectivity index (χ2n) is 4.60. The minimum atomic E-state index is 0.390. The number of nitrogens with one attached hydrogen (secondary N) is 1. The van der Waals surface area contributed by atoms with Gasteiger partial charge < -0.3 is 10.1 Å². The number of thioether (sulfide) groups is 1. The number of nitrogens with zero attached hydrogens (tertiary/aromatic N) is 3. The molecule has 5 nitrogen and oxygen atoms in total. The van der Waals surface area contributed by atoms with Gasteiger partial charge in [0.2, 0.25) is 0 Å². The fourth-order valence-electron chi connectivity index (χ4n) is 2.36. The van der Waals surface area contributed by atoms with Gasteiger partial charge in [-0.05, 0) is 25.1 Å². The molecule has 3 rings (SSSR count). The van der Waals surface area contributed by atoms with E-state index in [0.717, 1.165) is 37.0 Å². The van der Waals surface area contributed by atoms with Crippen LogP contribution in [0.3, 0.4) is 0 Å². The summed E-state index contributed by atoms with van der Waals surface area (Å²) in [7, 11) is 0. The molecule has 2 atom stereocenters. The topological polar surface area (TPSA) is 51.5 Å². The van der Waals surface area contributed by atoms with E-state index < -0.39 is 0 Å². The predicted molar refractivity (Wildman–Crippen MR) is 75.5 cm³/mol. The highest BCUT2D eigenvalue weighted by atomic mass is 32.2. The van der Waals surface area contributed by atoms with Crippen LogP contribution in [0.4, 0.5) is 0 Å². The Labute approximate surface area is 116 Å². The van der Waals surface area contributed by atoms with Crippen molar-refractivity contribution in [1.29, 1.82) is 0 Å². The van der Waals surface area contributed by atoms with Crippen LogP contribution >= 0.6 is 11.8 Å². The van der Waals surface area contributed by atoms with Crippen molar-refractivity contribution in [3.05, 3.63) is 24.4 Å². The first-order valence-electron chi connectivity index (χ1n) is 6.66. The third-order valence-electron chi connectivity index (χ3n) is 3.31. The molecule has 1 N–H and O–H groups in total. The van der Waals surface area contributed by atoms with Crippen LogP contribution in [0.15, 0.2) is 29.6 Å². The van der Waals surface area contributed by atoms with Gasteiger partial charge in [0.05, 0.1) is 11.9 Å². The number of aromatic nitrogens is 3. The van der Waals surface area contributed by atoms with E-state index in [0.29, 0.717) is 11.3 Å². The third kappa shape index (κ3) is 2.75. The summed E-state index contributed by atoms with van der Waals surface area (Å²) in [4.78, 5) is 0. The number of hydrogen-bond donors (Lipinski definition) is 1. The smallest absolute Gasteiger partial charge is 0.196 e. The van der Waals surface area contributed by atoms with E-state index in [4.69, 9.17) is 4.74 Å². The lowest BCUT2D eigenvalue weighted by atomic mass is 10.1. The maximum absolute atomic E-state index is 5.60. The Morgan fingerprint density at radius 2 is 2.42 bits per heavy atom. The van der Waals surface area contributed by atoms with Crippen molar-refractivity contribution < 1.29 is 4.74 Å². The highest BCUT2D eigenvalue weighted by Crippen LogP contribution is 2.28. The lowest BCUT2D eigenvalue weighted by Crippen LogP contribution is -2.44. The first kappa shape index (κ1) is 12.9.